The number of hydrogen-bond donors (Lipinski definition) is 2. The number of aryl methyl sites for hydroxylation is 1. The first-order valence-electron chi connectivity index (χ1n) is 5.60. The quantitative estimate of drug-likeness (QED) is 0.818. The van der Waals surface area contributed by atoms with Crippen molar-refractivity contribution in [3.63, 3.8) is 0 Å². The van der Waals surface area contributed by atoms with Gasteiger partial charge in [0, 0.05) is 0 Å². The summed E-state index contributed by atoms with van der Waals surface area (Å²) in [5, 5.41) is 3.43. The summed E-state index contributed by atoms with van der Waals surface area (Å²) in [6.07, 6.45) is 0. The van der Waals surface area contributed by atoms with E-state index in [1.807, 2.05) is 13.0 Å². The zero-order chi connectivity index (χ0) is 14.0. The topological polar surface area (TPSA) is 55.1 Å². The van der Waals surface area contributed by atoms with Crippen LogP contribution in [0.3, 0.4) is 0 Å². The summed E-state index contributed by atoms with van der Waals surface area (Å²) in [6, 6.07) is 10.3. The van der Waals surface area contributed by atoms with Crippen molar-refractivity contribution in [1.29, 1.82) is 0 Å². The molecule has 1 amide bonds. The zero-order valence-electron chi connectivity index (χ0n) is 10.2. The van der Waals surface area contributed by atoms with Crippen LogP contribution in [0.4, 0.5) is 11.4 Å². The normalized spacial score (nSPS) is 10.3. The second kappa shape index (κ2) is 5.51. The van der Waals surface area contributed by atoms with Crippen molar-refractivity contribution in [3.05, 3.63) is 57.6 Å². The highest BCUT2D eigenvalue weighted by atomic mass is 35.5. The number of nitrogens with one attached hydrogen (secondary N) is 1. The first-order chi connectivity index (χ1) is 8.99. The van der Waals surface area contributed by atoms with E-state index in [0.717, 1.165) is 5.56 Å². The minimum atomic E-state index is -0.344. The standard InChI is InChI=1S/C14H12Cl2N2O/c1-8-5-6-12(10(15)7-8)18-14(19)9-3-2-4-11(17)13(9)16/h2-7H,17H2,1H3,(H,18,19). The van der Waals surface area contributed by atoms with Gasteiger partial charge in [0.05, 0.1) is 27.0 Å². The molecule has 2 rings (SSSR count). The number of amides is 1. The molecule has 3 N–H and O–H groups in total. The fourth-order valence-corrected chi connectivity index (χ4v) is 2.13. The Hall–Kier alpha value is -1.71. The molecule has 3 nitrogen and oxygen atoms in total. The second-order valence-electron chi connectivity index (χ2n) is 4.15. The predicted molar refractivity (Wildman–Crippen MR) is 80.0 cm³/mol. The van der Waals surface area contributed by atoms with Crippen LogP contribution in [-0.2, 0) is 0 Å². The predicted octanol–water partition coefficient (Wildman–Crippen LogP) is 4.14. The number of hydrogen-bond acceptors (Lipinski definition) is 2. The van der Waals surface area contributed by atoms with Crippen molar-refractivity contribution in [2.24, 2.45) is 0 Å². The van der Waals surface area contributed by atoms with Crippen LogP contribution in [0.25, 0.3) is 0 Å². The van der Waals surface area contributed by atoms with Crippen LogP contribution in [0.1, 0.15) is 15.9 Å². The van der Waals surface area contributed by atoms with Gasteiger partial charge in [-0.25, -0.2) is 0 Å². The van der Waals surface area contributed by atoms with Gasteiger partial charge in [-0.15, -0.1) is 0 Å². The van der Waals surface area contributed by atoms with Gasteiger partial charge in [-0.3, -0.25) is 4.79 Å². The van der Waals surface area contributed by atoms with Crippen LogP contribution in [0.5, 0.6) is 0 Å². The lowest BCUT2D eigenvalue weighted by atomic mass is 10.1. The Morgan fingerprint density at radius 2 is 1.95 bits per heavy atom. The number of nitrogens with two attached hydrogens (primary N) is 1. The first kappa shape index (κ1) is 13.7. The van der Waals surface area contributed by atoms with Crippen molar-refractivity contribution >= 4 is 40.5 Å². The summed E-state index contributed by atoms with van der Waals surface area (Å²) in [4.78, 5) is 12.1. The maximum atomic E-state index is 12.1. The largest absolute Gasteiger partial charge is 0.398 e. The zero-order valence-corrected chi connectivity index (χ0v) is 11.7. The Kier molecular flexibility index (Phi) is 3.98. The Labute approximate surface area is 121 Å². The Bertz CT molecular complexity index is 641. The molecule has 2 aromatic rings. The molecule has 19 heavy (non-hydrogen) atoms. The molecule has 0 radical (unpaired) electrons. The summed E-state index contributed by atoms with van der Waals surface area (Å²) in [5.41, 5.74) is 7.90. The summed E-state index contributed by atoms with van der Waals surface area (Å²) in [7, 11) is 0. The van der Waals surface area contributed by atoms with Crippen LogP contribution in [0.2, 0.25) is 10.0 Å². The first-order valence-corrected chi connectivity index (χ1v) is 6.36. The van der Waals surface area contributed by atoms with Crippen molar-refractivity contribution in [3.8, 4) is 0 Å². The molecule has 0 saturated heterocycles. The minimum Gasteiger partial charge on any atom is -0.398 e. The third-order valence-electron chi connectivity index (χ3n) is 2.65. The molecule has 0 spiro atoms. The number of carbonyl (C=O) groups excluding carboxylic acids is 1. The second-order valence-corrected chi connectivity index (χ2v) is 4.93. The molecular weight excluding hydrogens is 283 g/mol. The molecule has 0 heterocycles. The number of benzene rings is 2. The molecule has 0 aliphatic rings. The third-order valence-corrected chi connectivity index (χ3v) is 3.38. The van der Waals surface area contributed by atoms with E-state index in [2.05, 4.69) is 5.32 Å². The van der Waals surface area contributed by atoms with Crippen LogP contribution < -0.4 is 11.1 Å². The highest BCUT2D eigenvalue weighted by molar-refractivity contribution is 6.37. The van der Waals surface area contributed by atoms with E-state index in [4.69, 9.17) is 28.9 Å². The lowest BCUT2D eigenvalue weighted by Gasteiger charge is -2.10. The Morgan fingerprint density at radius 3 is 2.63 bits per heavy atom. The molecule has 0 saturated carbocycles. The number of nitrogen functional groups attached to an aromatic ring is 1. The van der Waals surface area contributed by atoms with Crippen molar-refractivity contribution < 1.29 is 4.79 Å². The summed E-state index contributed by atoms with van der Waals surface area (Å²) in [6.45, 7) is 1.92. The average Bonchev–Trinajstić information content (AvgIpc) is 2.36. The van der Waals surface area contributed by atoms with Gasteiger partial charge in [-0.1, -0.05) is 35.3 Å². The Balaban J connectivity index is 2.28. The number of anilines is 2. The van der Waals surface area contributed by atoms with Crippen LogP contribution in [0.15, 0.2) is 36.4 Å². The summed E-state index contributed by atoms with van der Waals surface area (Å²) in [5.74, 6) is -0.344. The average molecular weight is 295 g/mol. The van der Waals surface area contributed by atoms with Crippen LogP contribution in [-0.4, -0.2) is 5.91 Å². The van der Waals surface area contributed by atoms with E-state index in [1.165, 1.54) is 0 Å². The van der Waals surface area contributed by atoms with Gasteiger partial charge in [-0.05, 0) is 36.8 Å². The van der Waals surface area contributed by atoms with E-state index in [0.29, 0.717) is 22.0 Å². The van der Waals surface area contributed by atoms with E-state index in [1.54, 1.807) is 30.3 Å². The van der Waals surface area contributed by atoms with Gasteiger partial charge in [0.15, 0.2) is 0 Å². The molecule has 0 atom stereocenters. The van der Waals surface area contributed by atoms with Gasteiger partial charge in [-0.2, -0.15) is 0 Å². The SMILES string of the molecule is Cc1ccc(NC(=O)c2cccc(N)c2Cl)c(Cl)c1. The molecule has 0 aliphatic carbocycles. The molecule has 0 unspecified atom stereocenters. The molecule has 5 heteroatoms. The van der Waals surface area contributed by atoms with E-state index >= 15 is 0 Å². The fraction of sp³-hybridized carbons (Fsp3) is 0.0714. The van der Waals surface area contributed by atoms with Crippen LogP contribution in [0, 0.1) is 6.92 Å². The van der Waals surface area contributed by atoms with Gasteiger partial charge < -0.3 is 11.1 Å². The summed E-state index contributed by atoms with van der Waals surface area (Å²) < 4.78 is 0. The highest BCUT2D eigenvalue weighted by Gasteiger charge is 2.13. The maximum absolute atomic E-state index is 12.1. The molecule has 98 valence electrons. The third kappa shape index (κ3) is 3.00. The lowest BCUT2D eigenvalue weighted by molar-refractivity contribution is 0.102. The molecule has 0 bridgehead atoms. The highest BCUT2D eigenvalue weighted by Crippen LogP contribution is 2.26. The molecule has 0 aromatic heterocycles. The maximum Gasteiger partial charge on any atom is 0.257 e. The van der Waals surface area contributed by atoms with E-state index in [9.17, 15) is 4.79 Å². The lowest BCUT2D eigenvalue weighted by Crippen LogP contribution is -2.13. The van der Waals surface area contributed by atoms with Gasteiger partial charge in [0.2, 0.25) is 0 Å². The van der Waals surface area contributed by atoms with Crippen molar-refractivity contribution in [1.82, 2.24) is 0 Å². The van der Waals surface area contributed by atoms with Gasteiger partial charge in [0.1, 0.15) is 0 Å². The summed E-state index contributed by atoms with van der Waals surface area (Å²) >= 11 is 12.1. The van der Waals surface area contributed by atoms with Crippen molar-refractivity contribution in [2.45, 2.75) is 6.92 Å². The minimum absolute atomic E-state index is 0.239. The number of halogens is 2. The number of carbonyl (C=O) groups is 1. The van der Waals surface area contributed by atoms with Gasteiger partial charge in [0.25, 0.3) is 5.91 Å². The van der Waals surface area contributed by atoms with E-state index in [-0.39, 0.29) is 10.9 Å². The van der Waals surface area contributed by atoms with E-state index < -0.39 is 0 Å². The molecule has 0 fully saturated rings. The number of rotatable bonds is 2. The smallest absolute Gasteiger partial charge is 0.257 e. The molecule has 0 aliphatic heterocycles. The monoisotopic (exact) mass is 294 g/mol. The van der Waals surface area contributed by atoms with Gasteiger partial charge >= 0.3 is 0 Å². The fourth-order valence-electron chi connectivity index (χ4n) is 1.64. The van der Waals surface area contributed by atoms with Crippen molar-refractivity contribution in [2.75, 3.05) is 11.1 Å². The molecule has 2 aromatic carbocycles. The Morgan fingerprint density at radius 1 is 1.21 bits per heavy atom. The van der Waals surface area contributed by atoms with Crippen LogP contribution >= 0.6 is 23.2 Å². The molecular formula is C14H12Cl2N2O.